The monoisotopic (exact) mass is 431 g/mol. The van der Waals surface area contributed by atoms with Crippen LogP contribution in [-0.4, -0.2) is 69.3 Å². The maximum Gasteiger partial charge on any atom is 0.243 e. The Labute approximate surface area is 178 Å². The first kappa shape index (κ1) is 20.9. The van der Waals surface area contributed by atoms with E-state index in [2.05, 4.69) is 20.0 Å². The first-order valence-electron chi connectivity index (χ1n) is 10.4. The summed E-state index contributed by atoms with van der Waals surface area (Å²) >= 11 is 0. The summed E-state index contributed by atoms with van der Waals surface area (Å²) in [5, 5.41) is 8.77. The summed E-state index contributed by atoms with van der Waals surface area (Å²) in [5.74, 6) is 2.30. The lowest BCUT2D eigenvalue weighted by molar-refractivity contribution is 0.382. The van der Waals surface area contributed by atoms with Crippen LogP contribution in [-0.2, 0) is 10.0 Å². The minimum Gasteiger partial charge on any atom is -0.496 e. The van der Waals surface area contributed by atoms with Gasteiger partial charge in [-0.2, -0.15) is 4.31 Å². The number of rotatable bonds is 5. The van der Waals surface area contributed by atoms with Gasteiger partial charge >= 0.3 is 0 Å². The molecule has 2 aliphatic rings. The highest BCUT2D eigenvalue weighted by atomic mass is 32.2. The van der Waals surface area contributed by atoms with Gasteiger partial charge in [-0.1, -0.05) is 6.07 Å². The van der Waals surface area contributed by atoms with E-state index in [4.69, 9.17) is 4.74 Å². The van der Waals surface area contributed by atoms with Crippen molar-refractivity contribution in [1.82, 2.24) is 14.5 Å². The predicted octanol–water partition coefficient (Wildman–Crippen LogP) is 2.21. The Morgan fingerprint density at radius 3 is 1.93 bits per heavy atom. The molecule has 162 valence electrons. The van der Waals surface area contributed by atoms with Crippen molar-refractivity contribution in [2.75, 3.05) is 56.2 Å². The smallest absolute Gasteiger partial charge is 0.243 e. The first-order valence-corrected chi connectivity index (χ1v) is 11.8. The van der Waals surface area contributed by atoms with Crippen molar-refractivity contribution in [3.63, 3.8) is 0 Å². The molecule has 4 rings (SSSR count). The van der Waals surface area contributed by atoms with Crippen LogP contribution in [0.1, 0.15) is 24.0 Å². The molecule has 0 radical (unpaired) electrons. The van der Waals surface area contributed by atoms with Gasteiger partial charge in [0, 0.05) is 45.3 Å². The molecule has 2 aromatic rings. The lowest BCUT2D eigenvalue weighted by Gasteiger charge is -2.34. The van der Waals surface area contributed by atoms with Crippen LogP contribution in [0.3, 0.4) is 0 Å². The molecule has 0 bridgehead atoms. The van der Waals surface area contributed by atoms with Crippen molar-refractivity contribution in [3.8, 4) is 5.75 Å². The zero-order valence-corrected chi connectivity index (χ0v) is 18.7. The molecule has 0 atom stereocenters. The van der Waals surface area contributed by atoms with Crippen LogP contribution in [0, 0.1) is 13.8 Å². The van der Waals surface area contributed by atoms with Crippen LogP contribution in [0.5, 0.6) is 5.75 Å². The Bertz CT molecular complexity index is 996. The zero-order valence-electron chi connectivity index (χ0n) is 17.8. The fourth-order valence-electron chi connectivity index (χ4n) is 4.21. The number of aryl methyl sites for hydroxylation is 2. The van der Waals surface area contributed by atoms with Gasteiger partial charge in [-0.25, -0.2) is 8.42 Å². The predicted molar refractivity (Wildman–Crippen MR) is 117 cm³/mol. The minimum absolute atomic E-state index is 0.313. The molecule has 0 aliphatic carbocycles. The van der Waals surface area contributed by atoms with Crippen molar-refractivity contribution >= 4 is 21.7 Å². The molecule has 8 nitrogen and oxygen atoms in total. The molecule has 0 saturated carbocycles. The summed E-state index contributed by atoms with van der Waals surface area (Å²) in [6.45, 7) is 7.80. The average Bonchev–Trinajstić information content (AvgIpc) is 3.29. The van der Waals surface area contributed by atoms with E-state index < -0.39 is 10.0 Å². The lowest BCUT2D eigenvalue weighted by atomic mass is 10.1. The van der Waals surface area contributed by atoms with Crippen molar-refractivity contribution in [1.29, 1.82) is 0 Å². The number of anilines is 2. The van der Waals surface area contributed by atoms with Crippen molar-refractivity contribution in [2.24, 2.45) is 0 Å². The normalized spacial score (nSPS) is 18.1. The second kappa shape index (κ2) is 8.39. The lowest BCUT2D eigenvalue weighted by Crippen LogP contribution is -2.49. The van der Waals surface area contributed by atoms with Gasteiger partial charge in [0.25, 0.3) is 0 Å². The van der Waals surface area contributed by atoms with Gasteiger partial charge in [0.15, 0.2) is 11.6 Å². The first-order chi connectivity index (χ1) is 14.4. The third-order valence-corrected chi connectivity index (χ3v) is 7.98. The van der Waals surface area contributed by atoms with Crippen LogP contribution in [0.15, 0.2) is 29.2 Å². The van der Waals surface area contributed by atoms with Crippen LogP contribution >= 0.6 is 0 Å². The van der Waals surface area contributed by atoms with E-state index in [1.165, 1.54) is 12.8 Å². The molecule has 2 saturated heterocycles. The molecule has 2 aliphatic heterocycles. The van der Waals surface area contributed by atoms with Gasteiger partial charge in [0.1, 0.15) is 5.75 Å². The molecular formula is C21H29N5O3S. The summed E-state index contributed by atoms with van der Waals surface area (Å²) in [4.78, 5) is 4.66. The van der Waals surface area contributed by atoms with Gasteiger partial charge in [0.05, 0.1) is 12.0 Å². The standard InChI is InChI=1S/C21H29N5O3S/c1-16-14-17(2)19(15-18(16)29-3)30(27,28)26-12-10-25(11-13-26)21-7-6-20(22-23-21)24-8-4-5-9-24/h6-7,14-15H,4-5,8-13H2,1-3H3. The van der Waals surface area contributed by atoms with E-state index >= 15 is 0 Å². The van der Waals surface area contributed by atoms with Crippen molar-refractivity contribution < 1.29 is 13.2 Å². The Morgan fingerprint density at radius 2 is 1.40 bits per heavy atom. The molecule has 2 fully saturated rings. The fraction of sp³-hybridized carbons (Fsp3) is 0.524. The summed E-state index contributed by atoms with van der Waals surface area (Å²) in [6, 6.07) is 7.49. The SMILES string of the molecule is COc1cc(S(=O)(=O)N2CCN(c3ccc(N4CCCC4)nn3)CC2)c(C)cc1C. The zero-order chi connectivity index (χ0) is 21.3. The summed E-state index contributed by atoms with van der Waals surface area (Å²) in [6.07, 6.45) is 2.40. The highest BCUT2D eigenvalue weighted by Crippen LogP contribution is 2.29. The maximum atomic E-state index is 13.2. The Kier molecular flexibility index (Phi) is 5.84. The van der Waals surface area contributed by atoms with Crippen LogP contribution in [0.4, 0.5) is 11.6 Å². The Balaban J connectivity index is 1.45. The number of benzene rings is 1. The molecule has 0 spiro atoms. The Hall–Kier alpha value is -2.39. The number of piperazine rings is 1. The summed E-state index contributed by atoms with van der Waals surface area (Å²) in [5.41, 5.74) is 1.66. The molecule has 0 unspecified atom stereocenters. The molecule has 1 aromatic carbocycles. The maximum absolute atomic E-state index is 13.2. The third-order valence-electron chi connectivity index (χ3n) is 5.94. The molecule has 3 heterocycles. The van der Waals surface area contributed by atoms with Gasteiger partial charge in [-0.05, 0) is 49.9 Å². The summed E-state index contributed by atoms with van der Waals surface area (Å²) < 4.78 is 33.4. The van der Waals surface area contributed by atoms with Gasteiger partial charge < -0.3 is 14.5 Å². The topological polar surface area (TPSA) is 78.9 Å². The van der Waals surface area contributed by atoms with E-state index in [1.807, 2.05) is 32.0 Å². The molecule has 9 heteroatoms. The average molecular weight is 432 g/mol. The van der Waals surface area contributed by atoms with E-state index in [0.29, 0.717) is 36.8 Å². The number of methoxy groups -OCH3 is 1. The van der Waals surface area contributed by atoms with E-state index in [0.717, 1.165) is 35.9 Å². The molecule has 30 heavy (non-hydrogen) atoms. The van der Waals surface area contributed by atoms with Crippen LogP contribution in [0.25, 0.3) is 0 Å². The van der Waals surface area contributed by atoms with E-state index in [1.54, 1.807) is 17.5 Å². The molecule has 1 aromatic heterocycles. The minimum atomic E-state index is -3.58. The Morgan fingerprint density at radius 1 is 0.833 bits per heavy atom. The summed E-state index contributed by atoms with van der Waals surface area (Å²) in [7, 11) is -2.02. The number of ether oxygens (including phenoxy) is 1. The van der Waals surface area contributed by atoms with E-state index in [9.17, 15) is 8.42 Å². The number of hydrogen-bond acceptors (Lipinski definition) is 7. The number of aromatic nitrogens is 2. The molecular weight excluding hydrogens is 402 g/mol. The van der Waals surface area contributed by atoms with Crippen LogP contribution in [0.2, 0.25) is 0 Å². The van der Waals surface area contributed by atoms with Gasteiger partial charge in [-0.15, -0.1) is 10.2 Å². The number of nitrogens with zero attached hydrogens (tertiary/aromatic N) is 5. The second-order valence-electron chi connectivity index (χ2n) is 7.92. The number of sulfonamides is 1. The van der Waals surface area contributed by atoms with Crippen molar-refractivity contribution in [3.05, 3.63) is 35.4 Å². The van der Waals surface area contributed by atoms with E-state index in [-0.39, 0.29) is 0 Å². The molecule has 0 N–H and O–H groups in total. The highest BCUT2D eigenvalue weighted by molar-refractivity contribution is 7.89. The highest BCUT2D eigenvalue weighted by Gasteiger charge is 2.31. The number of hydrogen-bond donors (Lipinski definition) is 0. The fourth-order valence-corrected chi connectivity index (χ4v) is 5.85. The second-order valence-corrected chi connectivity index (χ2v) is 9.83. The van der Waals surface area contributed by atoms with Gasteiger partial charge in [0.2, 0.25) is 10.0 Å². The largest absolute Gasteiger partial charge is 0.496 e. The van der Waals surface area contributed by atoms with Crippen LogP contribution < -0.4 is 14.5 Å². The quantitative estimate of drug-likeness (QED) is 0.718. The molecule has 0 amide bonds. The van der Waals surface area contributed by atoms with Gasteiger partial charge in [-0.3, -0.25) is 0 Å². The third kappa shape index (κ3) is 3.96. The van der Waals surface area contributed by atoms with Crippen molar-refractivity contribution in [2.45, 2.75) is 31.6 Å².